The molecule has 0 amide bonds. The average Bonchev–Trinajstić information content (AvgIpc) is 2.66. The Balaban J connectivity index is 1.93. The van der Waals surface area contributed by atoms with E-state index in [2.05, 4.69) is 20.7 Å². The molecular formula is C12H17BrN2O3S. The molecule has 19 heavy (non-hydrogen) atoms. The van der Waals surface area contributed by atoms with Crippen LogP contribution in [0.4, 0.5) is 0 Å². The molecule has 2 rings (SSSR count). The van der Waals surface area contributed by atoms with Gasteiger partial charge in [0, 0.05) is 24.1 Å². The van der Waals surface area contributed by atoms with Crippen molar-refractivity contribution in [3.05, 3.63) is 27.7 Å². The van der Waals surface area contributed by atoms with E-state index in [1.165, 1.54) is 4.31 Å². The molecule has 106 valence electrons. The van der Waals surface area contributed by atoms with Crippen LogP contribution in [0.25, 0.3) is 0 Å². The van der Waals surface area contributed by atoms with Gasteiger partial charge in [-0.3, -0.25) is 0 Å². The molecule has 1 N–H and O–H groups in total. The summed E-state index contributed by atoms with van der Waals surface area (Å²) in [6.07, 6.45) is 0. The number of ether oxygens (including phenoxy) is 1. The number of nitrogens with one attached hydrogen (secondary N) is 1. The fourth-order valence-corrected chi connectivity index (χ4v) is 3.40. The molecule has 0 aliphatic carbocycles. The second-order valence-corrected chi connectivity index (χ2v) is 7.07. The van der Waals surface area contributed by atoms with Gasteiger partial charge < -0.3 is 4.74 Å². The Morgan fingerprint density at radius 2 is 2.00 bits per heavy atom. The van der Waals surface area contributed by atoms with E-state index in [1.54, 1.807) is 0 Å². The maximum absolute atomic E-state index is 11.5. The van der Waals surface area contributed by atoms with Gasteiger partial charge in [0.15, 0.2) is 0 Å². The van der Waals surface area contributed by atoms with Crippen LogP contribution in [0.15, 0.2) is 16.6 Å². The lowest BCUT2D eigenvalue weighted by atomic mass is 10.1. The van der Waals surface area contributed by atoms with Crippen LogP contribution in [0.2, 0.25) is 0 Å². The van der Waals surface area contributed by atoms with E-state index in [4.69, 9.17) is 4.74 Å². The molecule has 0 radical (unpaired) electrons. The molecule has 0 atom stereocenters. The zero-order valence-corrected chi connectivity index (χ0v) is 13.3. The van der Waals surface area contributed by atoms with E-state index in [1.807, 2.05) is 26.0 Å². The fraction of sp³-hybridized carbons (Fsp3) is 0.500. The Morgan fingerprint density at radius 1 is 1.37 bits per heavy atom. The first kappa shape index (κ1) is 14.8. The van der Waals surface area contributed by atoms with E-state index >= 15 is 0 Å². The highest BCUT2D eigenvalue weighted by Crippen LogP contribution is 2.26. The van der Waals surface area contributed by atoms with Gasteiger partial charge in [-0.25, -0.2) is 4.72 Å². The Hall–Kier alpha value is -0.630. The third kappa shape index (κ3) is 3.47. The van der Waals surface area contributed by atoms with Gasteiger partial charge in [-0.1, -0.05) is 15.9 Å². The number of nitrogens with zero attached hydrogens (tertiary/aromatic N) is 1. The van der Waals surface area contributed by atoms with E-state index < -0.39 is 10.2 Å². The summed E-state index contributed by atoms with van der Waals surface area (Å²) in [6.45, 7) is 5.69. The summed E-state index contributed by atoms with van der Waals surface area (Å²) in [6, 6.07) is 3.88. The minimum atomic E-state index is -3.27. The highest BCUT2D eigenvalue weighted by Gasteiger charge is 2.27. The van der Waals surface area contributed by atoms with Crippen molar-refractivity contribution < 1.29 is 13.2 Å². The van der Waals surface area contributed by atoms with E-state index in [0.29, 0.717) is 26.2 Å². The van der Waals surface area contributed by atoms with Crippen LogP contribution in [-0.4, -0.2) is 39.0 Å². The van der Waals surface area contributed by atoms with Gasteiger partial charge in [0.1, 0.15) is 12.4 Å². The van der Waals surface area contributed by atoms with Crippen LogP contribution >= 0.6 is 15.9 Å². The predicted molar refractivity (Wildman–Crippen MR) is 77.6 cm³/mol. The molecule has 5 nitrogen and oxygen atoms in total. The van der Waals surface area contributed by atoms with Gasteiger partial charge in [-0.05, 0) is 37.1 Å². The molecule has 1 saturated heterocycles. The quantitative estimate of drug-likeness (QED) is 0.898. The van der Waals surface area contributed by atoms with Crippen LogP contribution in [0.3, 0.4) is 0 Å². The first-order chi connectivity index (χ1) is 8.90. The lowest BCUT2D eigenvalue weighted by Crippen LogP contribution is -2.32. The van der Waals surface area contributed by atoms with Crippen molar-refractivity contribution in [3.8, 4) is 5.75 Å². The molecule has 1 fully saturated rings. The molecule has 0 spiro atoms. The summed E-state index contributed by atoms with van der Waals surface area (Å²) in [4.78, 5) is 0. The second-order valence-electron chi connectivity index (χ2n) is 4.52. The standard InChI is InChI=1S/C12H17BrN2O3S/c1-9-7-11(8-10(2)12(9)13)18-6-5-15-4-3-14-19(15,16)17/h7-8,14H,3-6H2,1-2H3. The summed E-state index contributed by atoms with van der Waals surface area (Å²) in [5, 5.41) is 0. The highest BCUT2D eigenvalue weighted by atomic mass is 79.9. The highest BCUT2D eigenvalue weighted by molar-refractivity contribution is 9.10. The molecule has 1 aromatic carbocycles. The smallest absolute Gasteiger partial charge is 0.279 e. The normalized spacial score (nSPS) is 18.7. The van der Waals surface area contributed by atoms with E-state index in [9.17, 15) is 8.42 Å². The van der Waals surface area contributed by atoms with Crippen LogP contribution in [0, 0.1) is 13.8 Å². The second kappa shape index (κ2) is 5.78. The van der Waals surface area contributed by atoms with Crippen molar-refractivity contribution in [1.82, 2.24) is 9.03 Å². The summed E-state index contributed by atoms with van der Waals surface area (Å²) < 4.78 is 33.6. The third-order valence-electron chi connectivity index (χ3n) is 3.00. The largest absolute Gasteiger partial charge is 0.492 e. The third-order valence-corrected chi connectivity index (χ3v) is 5.87. The minimum Gasteiger partial charge on any atom is -0.492 e. The summed E-state index contributed by atoms with van der Waals surface area (Å²) in [7, 11) is -3.27. The van der Waals surface area contributed by atoms with Gasteiger partial charge in [-0.15, -0.1) is 0 Å². The predicted octanol–water partition coefficient (Wildman–Crippen LogP) is 1.59. The van der Waals surface area contributed by atoms with Crippen LogP contribution in [-0.2, 0) is 10.2 Å². The first-order valence-electron chi connectivity index (χ1n) is 6.04. The minimum absolute atomic E-state index is 0.349. The molecule has 1 aliphatic heterocycles. The maximum atomic E-state index is 11.5. The number of aryl methyl sites for hydroxylation is 2. The fourth-order valence-electron chi connectivity index (χ4n) is 2.00. The molecular weight excluding hydrogens is 332 g/mol. The van der Waals surface area contributed by atoms with Crippen LogP contribution < -0.4 is 9.46 Å². The van der Waals surface area contributed by atoms with Crippen LogP contribution in [0.1, 0.15) is 11.1 Å². The lowest BCUT2D eigenvalue weighted by molar-refractivity contribution is 0.280. The molecule has 7 heteroatoms. The van der Waals surface area contributed by atoms with Crippen molar-refractivity contribution in [1.29, 1.82) is 0 Å². The Labute approximate surface area is 122 Å². The molecule has 1 aromatic rings. The van der Waals surface area contributed by atoms with Crippen molar-refractivity contribution in [2.45, 2.75) is 13.8 Å². The van der Waals surface area contributed by atoms with Gasteiger partial charge in [0.25, 0.3) is 10.2 Å². The Morgan fingerprint density at radius 3 is 2.53 bits per heavy atom. The summed E-state index contributed by atoms with van der Waals surface area (Å²) in [5.41, 5.74) is 2.20. The maximum Gasteiger partial charge on any atom is 0.279 e. The molecule has 0 unspecified atom stereocenters. The van der Waals surface area contributed by atoms with Gasteiger partial charge in [-0.2, -0.15) is 12.7 Å². The molecule has 1 aliphatic rings. The Bertz CT molecular complexity index is 551. The number of hydrogen-bond donors (Lipinski definition) is 1. The topological polar surface area (TPSA) is 58.6 Å². The van der Waals surface area contributed by atoms with Crippen molar-refractivity contribution in [2.75, 3.05) is 26.2 Å². The number of halogens is 1. The summed E-state index contributed by atoms with van der Waals surface area (Å²) in [5.74, 6) is 0.766. The van der Waals surface area contributed by atoms with Crippen LogP contribution in [0.5, 0.6) is 5.75 Å². The lowest BCUT2D eigenvalue weighted by Gasteiger charge is -2.14. The molecule has 0 saturated carbocycles. The average molecular weight is 349 g/mol. The zero-order chi connectivity index (χ0) is 14.0. The zero-order valence-electron chi connectivity index (χ0n) is 10.9. The first-order valence-corrected chi connectivity index (χ1v) is 8.28. The molecule has 0 bridgehead atoms. The van der Waals surface area contributed by atoms with Gasteiger partial charge >= 0.3 is 0 Å². The van der Waals surface area contributed by atoms with Crippen molar-refractivity contribution in [2.24, 2.45) is 0 Å². The molecule has 1 heterocycles. The van der Waals surface area contributed by atoms with E-state index in [0.717, 1.165) is 21.3 Å². The van der Waals surface area contributed by atoms with Gasteiger partial charge in [0.2, 0.25) is 0 Å². The van der Waals surface area contributed by atoms with E-state index in [-0.39, 0.29) is 0 Å². The monoisotopic (exact) mass is 348 g/mol. The van der Waals surface area contributed by atoms with Crippen molar-refractivity contribution >= 4 is 26.1 Å². The number of rotatable bonds is 4. The Kier molecular flexibility index (Phi) is 4.50. The molecule has 0 aromatic heterocycles. The van der Waals surface area contributed by atoms with Crippen molar-refractivity contribution in [3.63, 3.8) is 0 Å². The number of benzene rings is 1. The SMILES string of the molecule is Cc1cc(OCCN2CCNS2(=O)=O)cc(C)c1Br. The van der Waals surface area contributed by atoms with Gasteiger partial charge in [0.05, 0.1) is 0 Å². The summed E-state index contributed by atoms with van der Waals surface area (Å²) >= 11 is 3.50. The number of hydrogen-bond acceptors (Lipinski definition) is 3.